The summed E-state index contributed by atoms with van der Waals surface area (Å²) in [6, 6.07) is 0. The maximum Gasteiger partial charge on any atom is 0.355 e. The lowest BCUT2D eigenvalue weighted by atomic mass is 10.1. The lowest BCUT2D eigenvalue weighted by molar-refractivity contribution is -0.142. The standard InChI is InChI=1S/C19H28N2O6/c1-6-26-19(25)18-12(4)17(13(5)21-18)14(22)10-27-16(24)9-20-15(23)8-7-11(2)3/h11,21H,6-10H2,1-5H3,(H,20,23). The summed E-state index contributed by atoms with van der Waals surface area (Å²) in [5, 5.41) is 2.47. The number of rotatable bonds is 10. The first-order valence-corrected chi connectivity index (χ1v) is 8.99. The summed E-state index contributed by atoms with van der Waals surface area (Å²) >= 11 is 0. The zero-order valence-corrected chi connectivity index (χ0v) is 16.6. The van der Waals surface area contributed by atoms with Gasteiger partial charge in [0.15, 0.2) is 6.61 Å². The third kappa shape index (κ3) is 6.88. The number of aromatic amines is 1. The highest BCUT2D eigenvalue weighted by Crippen LogP contribution is 2.19. The number of nitrogens with one attached hydrogen (secondary N) is 2. The molecule has 0 radical (unpaired) electrons. The van der Waals surface area contributed by atoms with Crippen LogP contribution in [0, 0.1) is 19.8 Å². The Morgan fingerprint density at radius 2 is 1.78 bits per heavy atom. The second-order valence-electron chi connectivity index (χ2n) is 6.64. The van der Waals surface area contributed by atoms with Crippen molar-refractivity contribution < 1.29 is 28.7 Å². The molecule has 0 aliphatic carbocycles. The van der Waals surface area contributed by atoms with Gasteiger partial charge in [0, 0.05) is 17.7 Å². The van der Waals surface area contributed by atoms with Gasteiger partial charge in [-0.3, -0.25) is 14.4 Å². The van der Waals surface area contributed by atoms with Crippen LogP contribution in [0.3, 0.4) is 0 Å². The van der Waals surface area contributed by atoms with E-state index in [4.69, 9.17) is 9.47 Å². The average molecular weight is 380 g/mol. The third-order valence-corrected chi connectivity index (χ3v) is 3.94. The van der Waals surface area contributed by atoms with Crippen molar-refractivity contribution in [3.8, 4) is 0 Å². The lowest BCUT2D eigenvalue weighted by Crippen LogP contribution is -2.31. The number of esters is 2. The topological polar surface area (TPSA) is 115 Å². The summed E-state index contributed by atoms with van der Waals surface area (Å²) in [4.78, 5) is 50.4. The highest BCUT2D eigenvalue weighted by Gasteiger charge is 2.23. The summed E-state index contributed by atoms with van der Waals surface area (Å²) in [5.74, 6) is -1.51. The van der Waals surface area contributed by atoms with E-state index in [-0.39, 0.29) is 24.8 Å². The van der Waals surface area contributed by atoms with Crippen molar-refractivity contribution >= 4 is 23.6 Å². The molecule has 0 fully saturated rings. The van der Waals surface area contributed by atoms with Crippen LogP contribution in [0.2, 0.25) is 0 Å². The Bertz CT molecular complexity index is 705. The van der Waals surface area contributed by atoms with Gasteiger partial charge in [-0.2, -0.15) is 0 Å². The summed E-state index contributed by atoms with van der Waals surface area (Å²) in [6.45, 7) is 8.44. The van der Waals surface area contributed by atoms with E-state index in [1.165, 1.54) is 0 Å². The van der Waals surface area contributed by atoms with Crippen LogP contribution >= 0.6 is 0 Å². The van der Waals surface area contributed by atoms with E-state index in [9.17, 15) is 19.2 Å². The van der Waals surface area contributed by atoms with E-state index >= 15 is 0 Å². The third-order valence-electron chi connectivity index (χ3n) is 3.94. The van der Waals surface area contributed by atoms with Crippen molar-refractivity contribution in [1.82, 2.24) is 10.3 Å². The number of aryl methyl sites for hydroxylation is 1. The molecule has 0 spiro atoms. The van der Waals surface area contributed by atoms with Crippen LogP contribution in [0.1, 0.15) is 65.7 Å². The summed E-state index contributed by atoms with van der Waals surface area (Å²) in [6.07, 6.45) is 1.07. The highest BCUT2D eigenvalue weighted by atomic mass is 16.5. The Balaban J connectivity index is 2.56. The SMILES string of the molecule is CCOC(=O)c1[nH]c(C)c(C(=O)COC(=O)CNC(=O)CCC(C)C)c1C. The molecule has 27 heavy (non-hydrogen) atoms. The Morgan fingerprint density at radius 1 is 1.11 bits per heavy atom. The number of carbonyl (C=O) groups is 4. The van der Waals surface area contributed by atoms with Crippen LogP contribution in [0.25, 0.3) is 0 Å². The fourth-order valence-electron chi connectivity index (χ4n) is 2.52. The highest BCUT2D eigenvalue weighted by molar-refractivity contribution is 6.03. The minimum Gasteiger partial charge on any atom is -0.461 e. The van der Waals surface area contributed by atoms with Crippen molar-refractivity contribution in [1.29, 1.82) is 0 Å². The quantitative estimate of drug-likeness (QED) is 0.474. The molecule has 0 saturated carbocycles. The van der Waals surface area contributed by atoms with Crippen LogP contribution in [-0.2, 0) is 19.1 Å². The van der Waals surface area contributed by atoms with Gasteiger partial charge in [0.05, 0.1) is 6.61 Å². The average Bonchev–Trinajstić information content (AvgIpc) is 2.90. The molecule has 0 aliphatic heterocycles. The molecule has 0 saturated heterocycles. The molecule has 2 N–H and O–H groups in total. The van der Waals surface area contributed by atoms with Gasteiger partial charge < -0.3 is 19.8 Å². The second-order valence-corrected chi connectivity index (χ2v) is 6.64. The molecule has 1 rings (SSSR count). The first kappa shape index (κ1) is 22.4. The molecule has 1 aromatic rings. The van der Waals surface area contributed by atoms with Gasteiger partial charge in [-0.05, 0) is 38.7 Å². The Hall–Kier alpha value is -2.64. The number of carbonyl (C=O) groups excluding carboxylic acids is 4. The predicted molar refractivity (Wildman–Crippen MR) is 98.6 cm³/mol. The van der Waals surface area contributed by atoms with E-state index in [0.717, 1.165) is 6.42 Å². The van der Waals surface area contributed by atoms with E-state index in [1.807, 2.05) is 13.8 Å². The van der Waals surface area contributed by atoms with E-state index in [2.05, 4.69) is 10.3 Å². The fraction of sp³-hybridized carbons (Fsp3) is 0.579. The molecule has 8 nitrogen and oxygen atoms in total. The van der Waals surface area contributed by atoms with Crippen LogP contribution in [0.15, 0.2) is 0 Å². The minimum atomic E-state index is -0.697. The van der Waals surface area contributed by atoms with Gasteiger partial charge in [0.2, 0.25) is 11.7 Å². The zero-order valence-electron chi connectivity index (χ0n) is 16.6. The van der Waals surface area contributed by atoms with Crippen LogP contribution in [0.5, 0.6) is 0 Å². The van der Waals surface area contributed by atoms with Gasteiger partial charge in [0.25, 0.3) is 0 Å². The summed E-state index contributed by atoms with van der Waals surface area (Å²) in [5.41, 5.74) is 1.46. The number of ketones is 1. The Morgan fingerprint density at radius 3 is 2.37 bits per heavy atom. The van der Waals surface area contributed by atoms with Gasteiger partial charge in [-0.25, -0.2) is 4.79 Å². The van der Waals surface area contributed by atoms with E-state index in [1.54, 1.807) is 20.8 Å². The molecule has 8 heteroatoms. The number of ether oxygens (including phenoxy) is 2. The fourth-order valence-corrected chi connectivity index (χ4v) is 2.52. The van der Waals surface area contributed by atoms with Crippen LogP contribution in [-0.4, -0.2) is 48.4 Å². The Kier molecular flexibility index (Phi) is 8.71. The van der Waals surface area contributed by atoms with Gasteiger partial charge in [0.1, 0.15) is 12.2 Å². The number of amides is 1. The molecule has 1 amide bonds. The number of hydrogen-bond donors (Lipinski definition) is 2. The number of aromatic nitrogens is 1. The van der Waals surface area contributed by atoms with Gasteiger partial charge in [-0.1, -0.05) is 13.8 Å². The minimum absolute atomic E-state index is 0.210. The summed E-state index contributed by atoms with van der Waals surface area (Å²) < 4.78 is 9.87. The molecule has 1 heterocycles. The maximum atomic E-state index is 12.4. The van der Waals surface area contributed by atoms with E-state index < -0.39 is 24.3 Å². The van der Waals surface area contributed by atoms with Crippen molar-refractivity contribution in [3.63, 3.8) is 0 Å². The molecule has 0 aromatic carbocycles. The predicted octanol–water partition coefficient (Wildman–Crippen LogP) is 2.09. The second kappa shape index (κ2) is 10.5. The molecule has 150 valence electrons. The van der Waals surface area contributed by atoms with E-state index in [0.29, 0.717) is 29.2 Å². The molecule has 1 aromatic heterocycles. The first-order valence-electron chi connectivity index (χ1n) is 8.99. The smallest absolute Gasteiger partial charge is 0.355 e. The molecule has 0 bridgehead atoms. The molecule has 0 aliphatic rings. The largest absolute Gasteiger partial charge is 0.461 e. The normalized spacial score (nSPS) is 10.6. The van der Waals surface area contributed by atoms with Crippen molar-refractivity contribution in [3.05, 3.63) is 22.5 Å². The van der Waals surface area contributed by atoms with Crippen molar-refractivity contribution in [2.75, 3.05) is 19.8 Å². The van der Waals surface area contributed by atoms with Crippen molar-refractivity contribution in [2.24, 2.45) is 5.92 Å². The van der Waals surface area contributed by atoms with Crippen LogP contribution < -0.4 is 5.32 Å². The summed E-state index contributed by atoms with van der Waals surface area (Å²) in [7, 11) is 0. The monoisotopic (exact) mass is 380 g/mol. The van der Waals surface area contributed by atoms with Crippen LogP contribution in [0.4, 0.5) is 0 Å². The maximum absolute atomic E-state index is 12.4. The first-order chi connectivity index (χ1) is 12.7. The molecular weight excluding hydrogens is 352 g/mol. The molecular formula is C19H28N2O6. The number of H-pyrrole nitrogens is 1. The van der Waals surface area contributed by atoms with Gasteiger partial charge in [-0.15, -0.1) is 0 Å². The van der Waals surface area contributed by atoms with Crippen molar-refractivity contribution in [2.45, 2.75) is 47.5 Å². The molecule has 0 unspecified atom stereocenters. The number of hydrogen-bond acceptors (Lipinski definition) is 6. The van der Waals surface area contributed by atoms with Gasteiger partial charge >= 0.3 is 11.9 Å². The number of Topliss-reactive ketones (excluding diaryl/α,β-unsaturated/α-hetero) is 1. The zero-order chi connectivity index (χ0) is 20.6. The Labute approximate surface area is 159 Å². The lowest BCUT2D eigenvalue weighted by Gasteiger charge is -2.08. The molecule has 0 atom stereocenters.